The highest BCUT2D eigenvalue weighted by Crippen LogP contribution is 2.31. The van der Waals surface area contributed by atoms with Gasteiger partial charge in [0, 0.05) is 23.7 Å². The zero-order valence-electron chi connectivity index (χ0n) is 16.9. The summed E-state index contributed by atoms with van der Waals surface area (Å²) in [5.41, 5.74) is 1.93. The van der Waals surface area contributed by atoms with Gasteiger partial charge in [-0.1, -0.05) is 12.1 Å². The molecule has 1 amide bonds. The lowest BCUT2D eigenvalue weighted by Gasteiger charge is -2.09. The highest BCUT2D eigenvalue weighted by Gasteiger charge is 2.12. The molecule has 2 aromatic carbocycles. The number of benzene rings is 2. The van der Waals surface area contributed by atoms with E-state index in [-0.39, 0.29) is 10.8 Å². The largest absolute Gasteiger partial charge is 0.493 e. The molecule has 0 aliphatic carbocycles. The molecule has 0 aliphatic heterocycles. The fourth-order valence-corrected chi connectivity index (χ4v) is 3.96. The van der Waals surface area contributed by atoms with E-state index in [1.165, 1.54) is 23.5 Å². The fraction of sp³-hybridized carbons (Fsp3) is 0.200. The van der Waals surface area contributed by atoms with E-state index >= 15 is 0 Å². The summed E-state index contributed by atoms with van der Waals surface area (Å²) in [4.78, 5) is 16.7. The van der Waals surface area contributed by atoms with E-state index in [1.807, 2.05) is 6.07 Å². The van der Waals surface area contributed by atoms with E-state index in [2.05, 4.69) is 15.6 Å². The summed E-state index contributed by atoms with van der Waals surface area (Å²) >= 11 is 1.31. The van der Waals surface area contributed by atoms with Crippen LogP contribution >= 0.6 is 11.3 Å². The van der Waals surface area contributed by atoms with Gasteiger partial charge in [-0.05, 0) is 36.2 Å². The summed E-state index contributed by atoms with van der Waals surface area (Å²) in [5, 5.41) is 13.3. The van der Waals surface area contributed by atoms with E-state index in [4.69, 9.17) is 14.6 Å². The van der Waals surface area contributed by atoms with Crippen LogP contribution in [0.2, 0.25) is 0 Å². The first-order valence-electron chi connectivity index (χ1n) is 9.14. The lowest BCUT2D eigenvalue weighted by atomic mass is 10.1. The Morgan fingerprint density at radius 1 is 1.10 bits per heavy atom. The van der Waals surface area contributed by atoms with Crippen molar-refractivity contribution >= 4 is 38.1 Å². The van der Waals surface area contributed by atoms with Crippen LogP contribution in [0.4, 0.5) is 10.8 Å². The Labute approximate surface area is 184 Å². The van der Waals surface area contributed by atoms with Gasteiger partial charge in [-0.2, -0.15) is 0 Å². The molecular weight excluding hydrogens is 440 g/mol. The summed E-state index contributed by atoms with van der Waals surface area (Å²) in [6.45, 7) is 0.378. The third kappa shape index (κ3) is 5.94. The van der Waals surface area contributed by atoms with Crippen LogP contribution < -0.4 is 25.2 Å². The number of amides is 1. The minimum Gasteiger partial charge on any atom is -0.493 e. The minimum absolute atomic E-state index is 0.0530. The quantitative estimate of drug-likeness (QED) is 0.445. The molecule has 0 atom stereocenters. The van der Waals surface area contributed by atoms with Crippen LogP contribution in [-0.4, -0.2) is 40.1 Å². The molecule has 0 spiro atoms. The van der Waals surface area contributed by atoms with E-state index in [0.29, 0.717) is 35.3 Å². The standard InChI is InChI=1S/C20H22N4O5S2/c1-28-17-8-5-14(11-18(17)29-2)23-20-24-16(12-30-20)19(25)22-10-9-13-3-6-15(7-4-13)31(21,26)27/h3-8,11-12H,9-10H2,1-2H3,(H,22,25)(H,23,24)(H2,21,26,27). The van der Waals surface area contributed by atoms with Crippen LogP contribution in [0.3, 0.4) is 0 Å². The molecule has 0 bridgehead atoms. The number of sulfonamides is 1. The third-order valence-corrected chi connectivity index (χ3v) is 6.01. The number of aromatic nitrogens is 1. The minimum atomic E-state index is -3.71. The summed E-state index contributed by atoms with van der Waals surface area (Å²) < 4.78 is 33.1. The molecule has 1 heterocycles. The Balaban J connectivity index is 1.54. The van der Waals surface area contributed by atoms with Crippen LogP contribution in [0.25, 0.3) is 0 Å². The first-order chi connectivity index (χ1) is 14.8. The van der Waals surface area contributed by atoms with Crippen LogP contribution in [0, 0.1) is 0 Å². The number of methoxy groups -OCH3 is 2. The fourth-order valence-electron chi connectivity index (χ4n) is 2.73. The Morgan fingerprint density at radius 3 is 2.45 bits per heavy atom. The van der Waals surface area contributed by atoms with Gasteiger partial charge in [-0.15, -0.1) is 11.3 Å². The number of carbonyl (C=O) groups is 1. The smallest absolute Gasteiger partial charge is 0.270 e. The van der Waals surface area contributed by atoms with Gasteiger partial charge in [0.15, 0.2) is 16.6 Å². The number of ether oxygens (including phenoxy) is 2. The average molecular weight is 463 g/mol. The van der Waals surface area contributed by atoms with Gasteiger partial charge in [-0.25, -0.2) is 18.5 Å². The Hall–Kier alpha value is -3.15. The third-order valence-electron chi connectivity index (χ3n) is 4.32. The maximum atomic E-state index is 12.3. The van der Waals surface area contributed by atoms with Crippen molar-refractivity contribution in [2.45, 2.75) is 11.3 Å². The van der Waals surface area contributed by atoms with Crippen LogP contribution in [-0.2, 0) is 16.4 Å². The van der Waals surface area contributed by atoms with Gasteiger partial charge in [-0.3, -0.25) is 4.79 Å². The second-order valence-corrected chi connectivity index (χ2v) is 8.85. The number of primary sulfonamides is 1. The first-order valence-corrected chi connectivity index (χ1v) is 11.6. The number of anilines is 2. The van der Waals surface area contributed by atoms with Crippen LogP contribution in [0.15, 0.2) is 52.7 Å². The lowest BCUT2D eigenvalue weighted by Crippen LogP contribution is -2.26. The highest BCUT2D eigenvalue weighted by atomic mass is 32.2. The normalized spacial score (nSPS) is 11.1. The van der Waals surface area contributed by atoms with E-state index < -0.39 is 10.0 Å². The predicted molar refractivity (Wildman–Crippen MR) is 119 cm³/mol. The number of nitrogens with one attached hydrogen (secondary N) is 2. The second kappa shape index (κ2) is 9.77. The maximum absolute atomic E-state index is 12.3. The van der Waals surface area contributed by atoms with Crippen molar-refractivity contribution in [3.05, 3.63) is 59.1 Å². The monoisotopic (exact) mass is 462 g/mol. The van der Waals surface area contributed by atoms with Crippen LogP contribution in [0.5, 0.6) is 11.5 Å². The van der Waals surface area contributed by atoms with Gasteiger partial charge >= 0.3 is 0 Å². The van der Waals surface area contributed by atoms with Gasteiger partial charge < -0.3 is 20.1 Å². The molecule has 1 aromatic heterocycles. The molecule has 0 saturated heterocycles. The van der Waals surface area contributed by atoms with Crippen molar-refractivity contribution in [3.63, 3.8) is 0 Å². The number of carbonyl (C=O) groups excluding carboxylic acids is 1. The molecule has 9 nitrogen and oxygen atoms in total. The summed E-state index contributed by atoms with van der Waals surface area (Å²) in [6, 6.07) is 11.6. The highest BCUT2D eigenvalue weighted by molar-refractivity contribution is 7.89. The average Bonchev–Trinajstić information content (AvgIpc) is 3.22. The topological polar surface area (TPSA) is 133 Å². The zero-order valence-corrected chi connectivity index (χ0v) is 18.5. The molecule has 11 heteroatoms. The van der Waals surface area contributed by atoms with Gasteiger partial charge in [0.2, 0.25) is 10.0 Å². The summed E-state index contributed by atoms with van der Waals surface area (Å²) in [6.07, 6.45) is 0.539. The van der Waals surface area contributed by atoms with E-state index in [0.717, 1.165) is 11.3 Å². The van der Waals surface area contributed by atoms with Crippen molar-refractivity contribution in [1.82, 2.24) is 10.3 Å². The molecule has 3 rings (SSSR count). The molecule has 0 fully saturated rings. The lowest BCUT2D eigenvalue weighted by molar-refractivity contribution is 0.0950. The van der Waals surface area contributed by atoms with Gasteiger partial charge in [0.25, 0.3) is 5.91 Å². The Bertz CT molecular complexity index is 1160. The number of nitrogens with two attached hydrogens (primary N) is 1. The molecular formula is C20H22N4O5S2. The molecule has 31 heavy (non-hydrogen) atoms. The molecule has 3 aromatic rings. The van der Waals surface area contributed by atoms with E-state index in [1.54, 1.807) is 43.9 Å². The molecule has 0 unspecified atom stereocenters. The van der Waals surface area contributed by atoms with Crippen molar-refractivity contribution in [2.75, 3.05) is 26.1 Å². The van der Waals surface area contributed by atoms with Crippen molar-refractivity contribution in [2.24, 2.45) is 5.14 Å². The van der Waals surface area contributed by atoms with Crippen molar-refractivity contribution < 1.29 is 22.7 Å². The molecule has 0 aliphatic rings. The summed E-state index contributed by atoms with van der Waals surface area (Å²) in [7, 11) is -0.590. The SMILES string of the molecule is COc1ccc(Nc2nc(C(=O)NCCc3ccc(S(N)(=O)=O)cc3)cs2)cc1OC. The first kappa shape index (κ1) is 22.5. The number of rotatable bonds is 9. The number of nitrogens with zero attached hydrogens (tertiary/aromatic N) is 1. The van der Waals surface area contributed by atoms with Gasteiger partial charge in [0.1, 0.15) is 5.69 Å². The molecule has 0 radical (unpaired) electrons. The van der Waals surface area contributed by atoms with E-state index in [9.17, 15) is 13.2 Å². The Kier molecular flexibility index (Phi) is 7.10. The molecule has 4 N–H and O–H groups in total. The summed E-state index contributed by atoms with van der Waals surface area (Å²) in [5.74, 6) is 0.906. The van der Waals surface area contributed by atoms with Crippen molar-refractivity contribution in [1.29, 1.82) is 0 Å². The van der Waals surface area contributed by atoms with Crippen LogP contribution in [0.1, 0.15) is 16.1 Å². The maximum Gasteiger partial charge on any atom is 0.270 e. The van der Waals surface area contributed by atoms with Crippen molar-refractivity contribution in [3.8, 4) is 11.5 Å². The number of hydrogen-bond acceptors (Lipinski definition) is 8. The van der Waals surface area contributed by atoms with Gasteiger partial charge in [0.05, 0.1) is 19.1 Å². The predicted octanol–water partition coefficient (Wildman–Crippen LogP) is 2.52. The Morgan fingerprint density at radius 2 is 1.81 bits per heavy atom. The second-order valence-electron chi connectivity index (χ2n) is 6.43. The number of thiazole rings is 1. The molecule has 164 valence electrons. The molecule has 0 saturated carbocycles. The number of hydrogen-bond donors (Lipinski definition) is 3. The zero-order chi connectivity index (χ0) is 22.4.